The normalized spacial score (nSPS) is 20.5. The Morgan fingerprint density at radius 2 is 2.05 bits per heavy atom. The van der Waals surface area contributed by atoms with Gasteiger partial charge < -0.3 is 24.8 Å². The maximum absolute atomic E-state index is 12.5. The van der Waals surface area contributed by atoms with Crippen LogP contribution in [0.15, 0.2) is 49.1 Å². The Labute approximate surface area is 245 Å². The smallest absolute Gasteiger partial charge is 0.318 e. The number of nitrogens with zero attached hydrogens (tertiary/aromatic N) is 6. The average Bonchev–Trinajstić information content (AvgIpc) is 3.53. The van der Waals surface area contributed by atoms with Crippen LogP contribution in [0.5, 0.6) is 6.01 Å². The predicted molar refractivity (Wildman–Crippen MR) is 160 cm³/mol. The molecule has 0 aliphatic carbocycles. The Balaban J connectivity index is 1.34. The number of hydrogen-bond donors (Lipinski definition) is 1. The number of piperazine rings is 1. The SMILES string of the molecule is C=CC(=O)N1CCN(c2nc(OC[C@@H]3CCNC3)nc3c2CCN(c2cccc4cccc(Cl)c24)C3)C[C@@H]1CC#N. The van der Waals surface area contributed by atoms with E-state index in [4.69, 9.17) is 26.3 Å². The van der Waals surface area contributed by atoms with Crippen molar-refractivity contribution >= 4 is 39.8 Å². The first kappa shape index (κ1) is 27.3. The number of nitrogens with one attached hydrogen (secondary N) is 1. The molecule has 1 aromatic heterocycles. The number of ether oxygens (including phenoxy) is 1. The Kier molecular flexibility index (Phi) is 7.95. The lowest BCUT2D eigenvalue weighted by atomic mass is 10.0. The fraction of sp³-hybridized carbons (Fsp3) is 0.419. The summed E-state index contributed by atoms with van der Waals surface area (Å²) < 4.78 is 6.21. The van der Waals surface area contributed by atoms with Crippen molar-refractivity contribution in [3.05, 3.63) is 65.3 Å². The number of carbonyl (C=O) groups excluding carboxylic acids is 1. The van der Waals surface area contributed by atoms with Gasteiger partial charge in [-0.15, -0.1) is 0 Å². The highest BCUT2D eigenvalue weighted by molar-refractivity contribution is 6.36. The molecule has 1 amide bonds. The molecule has 9 nitrogen and oxygen atoms in total. The minimum absolute atomic E-state index is 0.145. The molecule has 2 atom stereocenters. The van der Waals surface area contributed by atoms with Crippen LogP contribution in [0, 0.1) is 17.2 Å². The zero-order valence-electron chi connectivity index (χ0n) is 23.1. The second-order valence-corrected chi connectivity index (χ2v) is 11.3. The number of amides is 1. The minimum Gasteiger partial charge on any atom is -0.463 e. The molecule has 3 aliphatic rings. The fourth-order valence-corrected chi connectivity index (χ4v) is 6.52. The van der Waals surface area contributed by atoms with E-state index in [9.17, 15) is 10.1 Å². The fourth-order valence-electron chi connectivity index (χ4n) is 6.24. The second-order valence-electron chi connectivity index (χ2n) is 10.9. The van der Waals surface area contributed by atoms with Crippen molar-refractivity contribution in [2.75, 3.05) is 55.7 Å². The number of anilines is 2. The molecule has 0 spiro atoms. The van der Waals surface area contributed by atoms with E-state index >= 15 is 0 Å². The van der Waals surface area contributed by atoms with Gasteiger partial charge >= 0.3 is 6.01 Å². The van der Waals surface area contributed by atoms with Crippen molar-refractivity contribution in [1.29, 1.82) is 5.26 Å². The molecule has 2 aromatic carbocycles. The van der Waals surface area contributed by atoms with Gasteiger partial charge in [-0.05, 0) is 43.0 Å². The molecule has 41 heavy (non-hydrogen) atoms. The highest BCUT2D eigenvalue weighted by atomic mass is 35.5. The number of fused-ring (bicyclic) bond motifs is 2. The van der Waals surface area contributed by atoms with Crippen molar-refractivity contribution in [1.82, 2.24) is 20.2 Å². The molecule has 212 valence electrons. The third kappa shape index (κ3) is 5.54. The van der Waals surface area contributed by atoms with Crippen molar-refractivity contribution in [3.8, 4) is 12.1 Å². The van der Waals surface area contributed by atoms with Gasteiger partial charge in [0.05, 0.1) is 42.4 Å². The third-order valence-corrected chi connectivity index (χ3v) is 8.69. The van der Waals surface area contributed by atoms with Gasteiger partial charge in [0.15, 0.2) is 0 Å². The Hall–Kier alpha value is -3.87. The maximum atomic E-state index is 12.5. The molecule has 10 heteroatoms. The highest BCUT2D eigenvalue weighted by Gasteiger charge is 2.33. The highest BCUT2D eigenvalue weighted by Crippen LogP contribution is 2.37. The van der Waals surface area contributed by atoms with Crippen molar-refractivity contribution in [2.45, 2.75) is 31.8 Å². The van der Waals surface area contributed by atoms with E-state index in [2.05, 4.69) is 52.0 Å². The number of carbonyl (C=O) groups is 1. The summed E-state index contributed by atoms with van der Waals surface area (Å²) in [5.74, 6) is 1.13. The molecule has 0 saturated carbocycles. The monoisotopic (exact) mass is 571 g/mol. The Bertz CT molecular complexity index is 1490. The molecule has 2 fully saturated rings. The van der Waals surface area contributed by atoms with Gasteiger partial charge in [-0.25, -0.2) is 0 Å². The van der Waals surface area contributed by atoms with Crippen LogP contribution in [0.25, 0.3) is 10.8 Å². The van der Waals surface area contributed by atoms with Crippen LogP contribution < -0.4 is 19.9 Å². The van der Waals surface area contributed by atoms with Crippen LogP contribution in [0.3, 0.4) is 0 Å². The molecule has 4 heterocycles. The van der Waals surface area contributed by atoms with Crippen LogP contribution in [-0.4, -0.2) is 72.7 Å². The predicted octanol–water partition coefficient (Wildman–Crippen LogP) is 3.95. The topological polar surface area (TPSA) is 97.6 Å². The molecular formula is C31H34ClN7O2. The lowest BCUT2D eigenvalue weighted by Gasteiger charge is -2.42. The van der Waals surface area contributed by atoms with Gasteiger partial charge in [0.2, 0.25) is 5.91 Å². The largest absolute Gasteiger partial charge is 0.463 e. The summed E-state index contributed by atoms with van der Waals surface area (Å²) >= 11 is 6.68. The lowest BCUT2D eigenvalue weighted by Crippen LogP contribution is -2.55. The van der Waals surface area contributed by atoms with Crippen molar-refractivity contribution in [2.24, 2.45) is 5.92 Å². The first-order valence-electron chi connectivity index (χ1n) is 14.3. The number of benzene rings is 2. The van der Waals surface area contributed by atoms with Crippen LogP contribution in [0.1, 0.15) is 24.1 Å². The molecule has 0 bridgehead atoms. The van der Waals surface area contributed by atoms with Crippen LogP contribution in [0.2, 0.25) is 5.02 Å². The molecular weight excluding hydrogens is 538 g/mol. The quantitative estimate of drug-likeness (QED) is 0.426. The first-order valence-corrected chi connectivity index (χ1v) is 14.6. The van der Waals surface area contributed by atoms with Crippen molar-refractivity contribution < 1.29 is 9.53 Å². The van der Waals surface area contributed by atoms with Gasteiger partial charge in [-0.3, -0.25) is 4.79 Å². The second kappa shape index (κ2) is 11.9. The molecule has 3 aliphatic heterocycles. The number of halogens is 1. The van der Waals surface area contributed by atoms with E-state index in [-0.39, 0.29) is 18.4 Å². The van der Waals surface area contributed by atoms with Crippen LogP contribution in [0.4, 0.5) is 11.5 Å². The standard InChI is InChI=1S/C31H34ClN7O2/c1-2-28(40)39-16-15-38(18-23(39)9-12-33)30-24-11-14-37(27-8-4-6-22-5-3-7-25(32)29(22)27)19-26(24)35-31(36-30)41-20-21-10-13-34-17-21/h2-8,21,23,34H,1,9-11,13-20H2/t21-,23+/m1/s1. The number of hydrogen-bond acceptors (Lipinski definition) is 8. The molecule has 6 rings (SSSR count). The Morgan fingerprint density at radius 1 is 1.20 bits per heavy atom. The third-order valence-electron chi connectivity index (χ3n) is 8.37. The number of rotatable bonds is 7. The average molecular weight is 572 g/mol. The molecule has 0 radical (unpaired) electrons. The summed E-state index contributed by atoms with van der Waals surface area (Å²) in [5.41, 5.74) is 3.12. The lowest BCUT2D eigenvalue weighted by molar-refractivity contribution is -0.128. The first-order chi connectivity index (χ1) is 20.1. The van der Waals surface area contributed by atoms with Gasteiger partial charge in [0, 0.05) is 55.3 Å². The zero-order chi connectivity index (χ0) is 28.3. The van der Waals surface area contributed by atoms with E-state index < -0.39 is 0 Å². The summed E-state index contributed by atoms with van der Waals surface area (Å²) in [5, 5.41) is 15.8. The van der Waals surface area contributed by atoms with E-state index in [1.807, 2.05) is 12.1 Å². The van der Waals surface area contributed by atoms with Gasteiger partial charge in [-0.2, -0.15) is 15.2 Å². The minimum atomic E-state index is -0.239. The molecule has 1 N–H and O–H groups in total. The van der Waals surface area contributed by atoms with Crippen LogP contribution >= 0.6 is 11.6 Å². The van der Waals surface area contributed by atoms with Gasteiger partial charge in [-0.1, -0.05) is 42.4 Å². The number of nitriles is 1. The van der Waals surface area contributed by atoms with E-state index in [1.54, 1.807) is 4.90 Å². The Morgan fingerprint density at radius 3 is 2.83 bits per heavy atom. The summed E-state index contributed by atoms with van der Waals surface area (Å²) in [4.78, 5) is 28.6. The molecule has 2 saturated heterocycles. The molecule has 3 aromatic rings. The summed E-state index contributed by atoms with van der Waals surface area (Å²) in [6, 6.07) is 14.7. The zero-order valence-corrected chi connectivity index (χ0v) is 23.8. The van der Waals surface area contributed by atoms with Crippen molar-refractivity contribution in [3.63, 3.8) is 0 Å². The summed E-state index contributed by atoms with van der Waals surface area (Å²) in [7, 11) is 0. The van der Waals surface area contributed by atoms with E-state index in [1.165, 1.54) is 6.08 Å². The maximum Gasteiger partial charge on any atom is 0.318 e. The van der Waals surface area contributed by atoms with Gasteiger partial charge in [0.25, 0.3) is 0 Å². The summed E-state index contributed by atoms with van der Waals surface area (Å²) in [6.07, 6.45) is 3.40. The van der Waals surface area contributed by atoms with E-state index in [0.29, 0.717) is 44.7 Å². The molecule has 0 unspecified atom stereocenters. The number of aromatic nitrogens is 2. The van der Waals surface area contributed by atoms with E-state index in [0.717, 1.165) is 71.0 Å². The van der Waals surface area contributed by atoms with Crippen LogP contribution in [-0.2, 0) is 17.8 Å². The summed E-state index contributed by atoms with van der Waals surface area (Å²) in [6.45, 7) is 9.16. The van der Waals surface area contributed by atoms with Gasteiger partial charge in [0.1, 0.15) is 5.82 Å².